The van der Waals surface area contributed by atoms with Crippen molar-refractivity contribution in [3.63, 3.8) is 0 Å². The normalized spacial score (nSPS) is 17.2. The molecule has 0 aliphatic carbocycles. The van der Waals surface area contributed by atoms with E-state index in [1.54, 1.807) is 13.2 Å². The van der Waals surface area contributed by atoms with Crippen LogP contribution in [0.4, 0.5) is 5.69 Å². The van der Waals surface area contributed by atoms with Gasteiger partial charge in [0.25, 0.3) is 0 Å². The number of para-hydroxylation sites is 1. The van der Waals surface area contributed by atoms with Crippen molar-refractivity contribution in [3.05, 3.63) is 53.7 Å². The lowest BCUT2D eigenvalue weighted by atomic mass is 10.1. The minimum atomic E-state index is 0.0911. The van der Waals surface area contributed by atoms with E-state index in [0.717, 1.165) is 12.2 Å². The summed E-state index contributed by atoms with van der Waals surface area (Å²) in [6, 6.07) is 13.9. The standard InChI is InChI=1S/C19H23N3O2/c1-14-12-21(2)17-9-5-4-7-15(17)13-22(14)19(23)11-16-8-6-10-18(20-16)24-3/h4-10,14H,11-13H2,1-3H3/t14-/m1/s1. The fourth-order valence-electron chi connectivity index (χ4n) is 3.21. The van der Waals surface area contributed by atoms with Gasteiger partial charge in [0.1, 0.15) is 0 Å². The number of likely N-dealkylation sites (N-methyl/N-ethyl adjacent to an activating group) is 1. The molecule has 0 bridgehead atoms. The fraction of sp³-hybridized carbons (Fsp3) is 0.368. The van der Waals surface area contributed by atoms with Gasteiger partial charge >= 0.3 is 0 Å². The van der Waals surface area contributed by atoms with E-state index in [1.807, 2.05) is 29.2 Å². The molecule has 1 aliphatic heterocycles. The lowest BCUT2D eigenvalue weighted by Gasteiger charge is -2.28. The SMILES string of the molecule is COc1cccc(CC(=O)N2Cc3ccccc3N(C)C[C@H]2C)n1. The number of nitrogens with zero attached hydrogens (tertiary/aromatic N) is 3. The molecule has 1 atom stereocenters. The Morgan fingerprint density at radius 1 is 1.25 bits per heavy atom. The zero-order chi connectivity index (χ0) is 17.1. The van der Waals surface area contributed by atoms with Crippen LogP contribution in [0.5, 0.6) is 5.88 Å². The van der Waals surface area contributed by atoms with Crippen LogP contribution >= 0.6 is 0 Å². The van der Waals surface area contributed by atoms with Crippen molar-refractivity contribution < 1.29 is 9.53 Å². The molecule has 0 unspecified atom stereocenters. The predicted molar refractivity (Wildman–Crippen MR) is 94.2 cm³/mol. The van der Waals surface area contributed by atoms with E-state index in [4.69, 9.17) is 4.74 Å². The van der Waals surface area contributed by atoms with Crippen LogP contribution in [0.15, 0.2) is 42.5 Å². The number of carbonyl (C=O) groups is 1. The molecule has 5 nitrogen and oxygen atoms in total. The average Bonchev–Trinajstić information content (AvgIpc) is 2.71. The van der Waals surface area contributed by atoms with Crippen LogP contribution in [0.1, 0.15) is 18.2 Å². The van der Waals surface area contributed by atoms with Gasteiger partial charge < -0.3 is 14.5 Å². The largest absolute Gasteiger partial charge is 0.481 e. The second-order valence-corrected chi connectivity index (χ2v) is 6.23. The monoisotopic (exact) mass is 325 g/mol. The van der Waals surface area contributed by atoms with E-state index < -0.39 is 0 Å². The first kappa shape index (κ1) is 16.3. The highest BCUT2D eigenvalue weighted by Crippen LogP contribution is 2.26. The Balaban J connectivity index is 1.81. The zero-order valence-corrected chi connectivity index (χ0v) is 14.4. The van der Waals surface area contributed by atoms with Crippen molar-refractivity contribution in [2.75, 3.05) is 25.6 Å². The summed E-state index contributed by atoms with van der Waals surface area (Å²) >= 11 is 0. The van der Waals surface area contributed by atoms with E-state index in [1.165, 1.54) is 11.3 Å². The van der Waals surface area contributed by atoms with Gasteiger partial charge in [0.2, 0.25) is 11.8 Å². The molecule has 1 aromatic carbocycles. The van der Waals surface area contributed by atoms with Crippen LogP contribution in [-0.4, -0.2) is 42.5 Å². The van der Waals surface area contributed by atoms with Gasteiger partial charge in [-0.15, -0.1) is 0 Å². The van der Waals surface area contributed by atoms with Crippen LogP contribution in [0.2, 0.25) is 0 Å². The summed E-state index contributed by atoms with van der Waals surface area (Å²) in [5.41, 5.74) is 3.10. The maximum Gasteiger partial charge on any atom is 0.229 e. The number of benzene rings is 1. The first-order valence-electron chi connectivity index (χ1n) is 8.17. The molecule has 1 amide bonds. The van der Waals surface area contributed by atoms with E-state index in [-0.39, 0.29) is 18.4 Å². The predicted octanol–water partition coefficient (Wildman–Crippen LogP) is 2.50. The van der Waals surface area contributed by atoms with Gasteiger partial charge in [-0.2, -0.15) is 0 Å². The van der Waals surface area contributed by atoms with Crippen LogP contribution in [-0.2, 0) is 17.8 Å². The van der Waals surface area contributed by atoms with Crippen LogP contribution in [0, 0.1) is 0 Å². The van der Waals surface area contributed by atoms with E-state index in [0.29, 0.717) is 12.4 Å². The number of hydrogen-bond acceptors (Lipinski definition) is 4. The van der Waals surface area contributed by atoms with Crippen LogP contribution < -0.4 is 9.64 Å². The molecule has 0 radical (unpaired) electrons. The smallest absolute Gasteiger partial charge is 0.229 e. The first-order chi connectivity index (χ1) is 11.6. The molecule has 1 aromatic heterocycles. The Bertz CT molecular complexity index is 732. The third kappa shape index (κ3) is 3.35. The number of anilines is 1. The van der Waals surface area contributed by atoms with Gasteiger partial charge in [0.05, 0.1) is 19.2 Å². The van der Waals surface area contributed by atoms with Gasteiger partial charge in [0.15, 0.2) is 0 Å². The molecule has 0 spiro atoms. The Hall–Kier alpha value is -2.56. The molecule has 126 valence electrons. The molecule has 2 aromatic rings. The zero-order valence-electron chi connectivity index (χ0n) is 14.4. The van der Waals surface area contributed by atoms with Gasteiger partial charge in [0, 0.05) is 37.9 Å². The van der Waals surface area contributed by atoms with Crippen molar-refractivity contribution in [3.8, 4) is 5.88 Å². The third-order valence-electron chi connectivity index (χ3n) is 4.46. The summed E-state index contributed by atoms with van der Waals surface area (Å²) in [7, 11) is 3.66. The summed E-state index contributed by atoms with van der Waals surface area (Å²) < 4.78 is 5.14. The molecule has 3 rings (SSSR count). The second kappa shape index (κ2) is 6.91. The molecular formula is C19H23N3O2. The number of aromatic nitrogens is 1. The second-order valence-electron chi connectivity index (χ2n) is 6.23. The van der Waals surface area contributed by atoms with Gasteiger partial charge in [-0.25, -0.2) is 4.98 Å². The van der Waals surface area contributed by atoms with E-state index in [9.17, 15) is 4.79 Å². The highest BCUT2D eigenvalue weighted by atomic mass is 16.5. The minimum absolute atomic E-state index is 0.0911. The third-order valence-corrected chi connectivity index (χ3v) is 4.46. The minimum Gasteiger partial charge on any atom is -0.481 e. The Kier molecular flexibility index (Phi) is 4.69. The Labute approximate surface area is 142 Å². The van der Waals surface area contributed by atoms with E-state index >= 15 is 0 Å². The quantitative estimate of drug-likeness (QED) is 0.870. The summed E-state index contributed by atoms with van der Waals surface area (Å²) in [5.74, 6) is 0.627. The maximum absolute atomic E-state index is 12.9. The number of ether oxygens (including phenoxy) is 1. The van der Waals surface area contributed by atoms with Crippen LogP contribution in [0.3, 0.4) is 0 Å². The number of hydrogen-bond donors (Lipinski definition) is 0. The molecular weight excluding hydrogens is 302 g/mol. The van der Waals surface area contributed by atoms with Gasteiger partial charge in [-0.1, -0.05) is 24.3 Å². The molecule has 0 N–H and O–H groups in total. The summed E-state index contributed by atoms with van der Waals surface area (Å²) in [5, 5.41) is 0. The number of carbonyl (C=O) groups excluding carboxylic acids is 1. The lowest BCUT2D eigenvalue weighted by Crippen LogP contribution is -2.42. The van der Waals surface area contributed by atoms with Crippen LogP contribution in [0.25, 0.3) is 0 Å². The van der Waals surface area contributed by atoms with Crippen molar-refractivity contribution >= 4 is 11.6 Å². The Morgan fingerprint density at radius 3 is 2.83 bits per heavy atom. The summed E-state index contributed by atoms with van der Waals surface area (Å²) in [4.78, 5) is 21.4. The van der Waals surface area contributed by atoms with Gasteiger partial charge in [-0.3, -0.25) is 4.79 Å². The van der Waals surface area contributed by atoms with E-state index in [2.05, 4.69) is 36.0 Å². The van der Waals surface area contributed by atoms with Crippen molar-refractivity contribution in [1.82, 2.24) is 9.88 Å². The fourth-order valence-corrected chi connectivity index (χ4v) is 3.21. The number of pyridine rings is 1. The summed E-state index contributed by atoms with van der Waals surface area (Å²) in [6.45, 7) is 3.54. The topological polar surface area (TPSA) is 45.7 Å². The number of fused-ring (bicyclic) bond motifs is 1. The molecule has 0 fully saturated rings. The maximum atomic E-state index is 12.9. The molecule has 2 heterocycles. The van der Waals surface area contributed by atoms with Crippen molar-refractivity contribution in [2.24, 2.45) is 0 Å². The van der Waals surface area contributed by atoms with Crippen molar-refractivity contribution in [1.29, 1.82) is 0 Å². The molecule has 0 saturated heterocycles. The molecule has 24 heavy (non-hydrogen) atoms. The number of methoxy groups -OCH3 is 1. The lowest BCUT2D eigenvalue weighted by molar-refractivity contribution is -0.132. The number of amides is 1. The van der Waals surface area contributed by atoms with Crippen molar-refractivity contribution in [2.45, 2.75) is 25.9 Å². The average molecular weight is 325 g/mol. The number of rotatable bonds is 3. The molecule has 5 heteroatoms. The molecule has 1 aliphatic rings. The van der Waals surface area contributed by atoms with Gasteiger partial charge in [-0.05, 0) is 24.6 Å². The highest BCUT2D eigenvalue weighted by molar-refractivity contribution is 5.79. The Morgan fingerprint density at radius 2 is 2.04 bits per heavy atom. The summed E-state index contributed by atoms with van der Waals surface area (Å²) in [6.07, 6.45) is 0.285. The first-order valence-corrected chi connectivity index (χ1v) is 8.17. The molecule has 0 saturated carbocycles. The highest BCUT2D eigenvalue weighted by Gasteiger charge is 2.26.